The molecule has 0 aromatic carbocycles. The molecular weight excluding hydrogens is 268 g/mol. The van der Waals surface area contributed by atoms with Gasteiger partial charge in [-0.1, -0.05) is 0 Å². The van der Waals surface area contributed by atoms with Crippen LogP contribution in [0.15, 0.2) is 6.07 Å². The molecule has 1 saturated carbocycles. The minimum absolute atomic E-state index is 0.133. The number of likely N-dealkylation sites (N-methyl/N-ethyl adjacent to an activating group) is 1. The minimum Gasteiger partial charge on any atom is -0.368 e. The van der Waals surface area contributed by atoms with Gasteiger partial charge in [-0.15, -0.1) is 0 Å². The number of anilines is 2. The summed E-state index contributed by atoms with van der Waals surface area (Å²) in [7, 11) is 0. The predicted octanol–water partition coefficient (Wildman–Crippen LogP) is -0.0680. The topological polar surface area (TPSA) is 101 Å². The zero-order valence-electron chi connectivity index (χ0n) is 12.3. The number of nitrogens with zero attached hydrogens (tertiary/aromatic N) is 4. The van der Waals surface area contributed by atoms with Crippen molar-refractivity contribution in [1.82, 2.24) is 14.9 Å². The standard InChI is InChI=1S/C14H22N6O/c1-2-19-3-4-20(8-13(19)21)12-7-11(17-14(16)18-12)9-5-10(15)6-9/h7,9-10H,2-6,8,15H2,1H3,(H2,16,17,18). The van der Waals surface area contributed by atoms with E-state index in [4.69, 9.17) is 11.5 Å². The maximum atomic E-state index is 12.0. The normalized spacial score (nSPS) is 25.9. The second-order valence-electron chi connectivity index (χ2n) is 5.83. The summed E-state index contributed by atoms with van der Waals surface area (Å²) in [6, 6.07) is 2.23. The van der Waals surface area contributed by atoms with Gasteiger partial charge in [0.2, 0.25) is 11.9 Å². The zero-order valence-corrected chi connectivity index (χ0v) is 12.3. The fraction of sp³-hybridized carbons (Fsp3) is 0.643. The smallest absolute Gasteiger partial charge is 0.242 e. The number of nitrogens with two attached hydrogens (primary N) is 2. The van der Waals surface area contributed by atoms with Crippen LogP contribution in [0.3, 0.4) is 0 Å². The lowest BCUT2D eigenvalue weighted by molar-refractivity contribution is -0.130. The van der Waals surface area contributed by atoms with Gasteiger partial charge >= 0.3 is 0 Å². The molecule has 0 atom stereocenters. The molecule has 0 unspecified atom stereocenters. The molecule has 1 aliphatic carbocycles. The lowest BCUT2D eigenvalue weighted by Crippen LogP contribution is -2.50. The molecule has 2 aliphatic rings. The Morgan fingerprint density at radius 1 is 1.33 bits per heavy atom. The molecule has 0 spiro atoms. The number of nitrogen functional groups attached to an aromatic ring is 1. The quantitative estimate of drug-likeness (QED) is 0.808. The van der Waals surface area contributed by atoms with Crippen molar-refractivity contribution >= 4 is 17.7 Å². The Morgan fingerprint density at radius 3 is 2.71 bits per heavy atom. The molecule has 1 aliphatic heterocycles. The fourth-order valence-corrected chi connectivity index (χ4v) is 2.98. The summed E-state index contributed by atoms with van der Waals surface area (Å²) in [6.07, 6.45) is 1.89. The molecule has 1 amide bonds. The van der Waals surface area contributed by atoms with Gasteiger partial charge in [-0.05, 0) is 19.8 Å². The van der Waals surface area contributed by atoms with Crippen LogP contribution in [0.5, 0.6) is 0 Å². The number of rotatable bonds is 3. The summed E-state index contributed by atoms with van der Waals surface area (Å²) in [5.41, 5.74) is 12.6. The molecule has 1 aromatic rings. The maximum absolute atomic E-state index is 12.0. The van der Waals surface area contributed by atoms with E-state index in [9.17, 15) is 4.79 Å². The first kappa shape index (κ1) is 14.1. The molecule has 3 rings (SSSR count). The van der Waals surface area contributed by atoms with E-state index in [1.165, 1.54) is 0 Å². The Bertz CT molecular complexity index is 542. The summed E-state index contributed by atoms with van der Waals surface area (Å²) in [5, 5.41) is 0. The molecule has 2 fully saturated rings. The van der Waals surface area contributed by atoms with Gasteiger partial charge in [-0.25, -0.2) is 4.98 Å². The van der Waals surface area contributed by atoms with Crippen molar-refractivity contribution in [2.45, 2.75) is 31.7 Å². The van der Waals surface area contributed by atoms with E-state index in [0.717, 1.165) is 44.0 Å². The van der Waals surface area contributed by atoms with Crippen LogP contribution in [0.4, 0.5) is 11.8 Å². The van der Waals surface area contributed by atoms with Crippen LogP contribution in [0.2, 0.25) is 0 Å². The highest BCUT2D eigenvalue weighted by Gasteiger charge is 2.30. The van der Waals surface area contributed by atoms with Crippen molar-refractivity contribution in [1.29, 1.82) is 0 Å². The summed E-state index contributed by atoms with van der Waals surface area (Å²) in [5.74, 6) is 1.53. The number of carbonyl (C=O) groups is 1. The molecule has 114 valence electrons. The van der Waals surface area contributed by atoms with Crippen molar-refractivity contribution in [2.75, 3.05) is 36.8 Å². The SMILES string of the molecule is CCN1CCN(c2cc(C3CC(N)C3)nc(N)n2)CC1=O. The van der Waals surface area contributed by atoms with Crippen LogP contribution in [-0.4, -0.2) is 53.0 Å². The van der Waals surface area contributed by atoms with E-state index in [2.05, 4.69) is 9.97 Å². The number of carbonyl (C=O) groups excluding carboxylic acids is 1. The Kier molecular flexibility index (Phi) is 3.67. The third-order valence-corrected chi connectivity index (χ3v) is 4.37. The number of hydrogen-bond acceptors (Lipinski definition) is 6. The van der Waals surface area contributed by atoms with Gasteiger partial charge in [-0.2, -0.15) is 4.98 Å². The van der Waals surface area contributed by atoms with Gasteiger partial charge in [0.15, 0.2) is 0 Å². The number of aromatic nitrogens is 2. The molecule has 7 heteroatoms. The number of piperazine rings is 1. The summed E-state index contributed by atoms with van der Waals surface area (Å²) < 4.78 is 0. The van der Waals surface area contributed by atoms with Gasteiger partial charge in [-0.3, -0.25) is 4.79 Å². The fourth-order valence-electron chi connectivity index (χ4n) is 2.98. The second-order valence-corrected chi connectivity index (χ2v) is 5.83. The Morgan fingerprint density at radius 2 is 2.10 bits per heavy atom. The van der Waals surface area contributed by atoms with Gasteiger partial charge in [0.05, 0.1) is 12.2 Å². The highest BCUT2D eigenvalue weighted by Crippen LogP contribution is 2.35. The van der Waals surface area contributed by atoms with Crippen LogP contribution in [0.1, 0.15) is 31.4 Å². The van der Waals surface area contributed by atoms with E-state index >= 15 is 0 Å². The minimum atomic E-state index is 0.133. The van der Waals surface area contributed by atoms with E-state index in [1.54, 1.807) is 0 Å². The second kappa shape index (κ2) is 5.48. The first-order valence-corrected chi connectivity index (χ1v) is 7.49. The lowest BCUT2D eigenvalue weighted by Gasteiger charge is -2.35. The van der Waals surface area contributed by atoms with Crippen LogP contribution in [-0.2, 0) is 4.79 Å². The van der Waals surface area contributed by atoms with Crippen LogP contribution in [0.25, 0.3) is 0 Å². The van der Waals surface area contributed by atoms with Crippen molar-refractivity contribution in [3.8, 4) is 0 Å². The first-order valence-electron chi connectivity index (χ1n) is 7.49. The van der Waals surface area contributed by atoms with E-state index in [-0.39, 0.29) is 17.9 Å². The van der Waals surface area contributed by atoms with E-state index < -0.39 is 0 Å². The number of amides is 1. The van der Waals surface area contributed by atoms with Gasteiger partial charge < -0.3 is 21.3 Å². The molecule has 7 nitrogen and oxygen atoms in total. The largest absolute Gasteiger partial charge is 0.368 e. The van der Waals surface area contributed by atoms with Gasteiger partial charge in [0.1, 0.15) is 5.82 Å². The molecule has 21 heavy (non-hydrogen) atoms. The van der Waals surface area contributed by atoms with E-state index in [1.807, 2.05) is 22.8 Å². The van der Waals surface area contributed by atoms with Crippen molar-refractivity contribution in [3.05, 3.63) is 11.8 Å². The first-order chi connectivity index (χ1) is 10.1. The Balaban J connectivity index is 1.77. The molecule has 0 radical (unpaired) electrons. The third kappa shape index (κ3) is 2.78. The zero-order chi connectivity index (χ0) is 15.0. The summed E-state index contributed by atoms with van der Waals surface area (Å²) >= 11 is 0. The molecule has 0 bridgehead atoms. The van der Waals surface area contributed by atoms with Gasteiger partial charge in [0.25, 0.3) is 0 Å². The van der Waals surface area contributed by atoms with Crippen LogP contribution >= 0.6 is 0 Å². The highest BCUT2D eigenvalue weighted by atomic mass is 16.2. The molecule has 2 heterocycles. The van der Waals surface area contributed by atoms with Crippen molar-refractivity contribution in [3.63, 3.8) is 0 Å². The molecule has 1 aromatic heterocycles. The predicted molar refractivity (Wildman–Crippen MR) is 80.9 cm³/mol. The Hall–Kier alpha value is -1.89. The summed E-state index contributed by atoms with van der Waals surface area (Å²) in [6.45, 7) is 4.61. The molecular formula is C14H22N6O. The highest BCUT2D eigenvalue weighted by molar-refractivity contribution is 5.82. The molecule has 4 N–H and O–H groups in total. The van der Waals surface area contributed by atoms with Crippen molar-refractivity contribution < 1.29 is 4.79 Å². The third-order valence-electron chi connectivity index (χ3n) is 4.37. The summed E-state index contributed by atoms with van der Waals surface area (Å²) in [4.78, 5) is 24.5. The average molecular weight is 290 g/mol. The number of hydrogen-bond donors (Lipinski definition) is 2. The van der Waals surface area contributed by atoms with Crippen molar-refractivity contribution in [2.24, 2.45) is 5.73 Å². The lowest BCUT2D eigenvalue weighted by atomic mass is 9.78. The Labute approximate surface area is 124 Å². The van der Waals surface area contributed by atoms with Crippen LogP contribution in [0, 0.1) is 0 Å². The molecule has 1 saturated heterocycles. The monoisotopic (exact) mass is 290 g/mol. The maximum Gasteiger partial charge on any atom is 0.242 e. The van der Waals surface area contributed by atoms with Crippen LogP contribution < -0.4 is 16.4 Å². The van der Waals surface area contributed by atoms with E-state index in [0.29, 0.717) is 12.5 Å². The van der Waals surface area contributed by atoms with Gasteiger partial charge in [0, 0.05) is 37.7 Å². The average Bonchev–Trinajstić information content (AvgIpc) is 2.43.